The third-order valence-corrected chi connectivity index (χ3v) is 3.70. The van der Waals surface area contributed by atoms with E-state index < -0.39 is 18.8 Å². The Kier molecular flexibility index (Phi) is 4.27. The van der Waals surface area contributed by atoms with E-state index in [0.29, 0.717) is 29.9 Å². The normalized spacial score (nSPS) is 19.3. The van der Waals surface area contributed by atoms with Gasteiger partial charge in [0.15, 0.2) is 0 Å². The summed E-state index contributed by atoms with van der Waals surface area (Å²) in [6.45, 7) is 2.74. The third-order valence-electron chi connectivity index (χ3n) is 3.70. The van der Waals surface area contributed by atoms with E-state index in [2.05, 4.69) is 5.10 Å². The van der Waals surface area contributed by atoms with Crippen LogP contribution in [0.2, 0.25) is 0 Å². The van der Waals surface area contributed by atoms with Gasteiger partial charge in [-0.3, -0.25) is 9.48 Å². The molecule has 21 heavy (non-hydrogen) atoms. The molecular weight excluding hydrogens is 287 g/mol. The highest BCUT2D eigenvalue weighted by Crippen LogP contribution is 2.22. The molecule has 0 saturated carbocycles. The van der Waals surface area contributed by atoms with Crippen LogP contribution in [0.4, 0.5) is 13.2 Å². The molecule has 0 spiro atoms. The average Bonchev–Trinajstić information content (AvgIpc) is 2.87. The molecule has 1 atom stereocenters. The van der Waals surface area contributed by atoms with Crippen LogP contribution in [-0.2, 0) is 17.8 Å². The first kappa shape index (κ1) is 15.8. The van der Waals surface area contributed by atoms with Gasteiger partial charge in [-0.2, -0.15) is 18.3 Å². The van der Waals surface area contributed by atoms with Gasteiger partial charge in [0.25, 0.3) is 0 Å². The number of aromatic nitrogens is 2. The van der Waals surface area contributed by atoms with Gasteiger partial charge in [0.1, 0.15) is 6.54 Å². The van der Waals surface area contributed by atoms with E-state index in [1.165, 1.54) is 11.8 Å². The fourth-order valence-electron chi connectivity index (χ4n) is 2.54. The average molecular weight is 305 g/mol. The standard InChI is InChI=1S/C13H18F3N3O2/c1-8-11(5-12(21)18-4-3-10(20)6-18)9(2)19(17-8)7-13(14,15)16/h10,20H,3-7H2,1-2H3/t10-/m1/s1. The summed E-state index contributed by atoms with van der Waals surface area (Å²) in [6, 6.07) is 0. The van der Waals surface area contributed by atoms with Crippen LogP contribution >= 0.6 is 0 Å². The number of β-amino-alcohol motifs (C(OH)–C–C–N with tert-alkyl or cyclic N) is 1. The van der Waals surface area contributed by atoms with E-state index in [1.807, 2.05) is 0 Å². The van der Waals surface area contributed by atoms with Crippen LogP contribution in [0.15, 0.2) is 0 Å². The van der Waals surface area contributed by atoms with Gasteiger partial charge in [-0.05, 0) is 20.3 Å². The predicted molar refractivity (Wildman–Crippen MR) is 68.7 cm³/mol. The molecule has 2 heterocycles. The molecule has 1 aliphatic heterocycles. The lowest BCUT2D eigenvalue weighted by atomic mass is 10.1. The van der Waals surface area contributed by atoms with Crippen molar-refractivity contribution in [1.82, 2.24) is 14.7 Å². The minimum Gasteiger partial charge on any atom is -0.391 e. The molecule has 0 aliphatic carbocycles. The number of likely N-dealkylation sites (tertiary alicyclic amines) is 1. The van der Waals surface area contributed by atoms with Crippen molar-refractivity contribution in [3.63, 3.8) is 0 Å². The number of amides is 1. The van der Waals surface area contributed by atoms with E-state index in [1.54, 1.807) is 6.92 Å². The lowest BCUT2D eigenvalue weighted by molar-refractivity contribution is -0.143. The van der Waals surface area contributed by atoms with Crippen molar-refractivity contribution in [1.29, 1.82) is 0 Å². The van der Waals surface area contributed by atoms with Crippen molar-refractivity contribution < 1.29 is 23.1 Å². The number of aliphatic hydroxyl groups excluding tert-OH is 1. The summed E-state index contributed by atoms with van der Waals surface area (Å²) in [5.74, 6) is -0.190. The lowest BCUT2D eigenvalue weighted by Gasteiger charge is -2.15. The van der Waals surface area contributed by atoms with Crippen LogP contribution in [0.5, 0.6) is 0 Å². The summed E-state index contributed by atoms with van der Waals surface area (Å²) in [5.41, 5.74) is 1.33. The molecule has 1 aromatic heterocycles. The van der Waals surface area contributed by atoms with Gasteiger partial charge in [-0.15, -0.1) is 0 Å². The number of carbonyl (C=O) groups is 1. The molecule has 1 fully saturated rings. The van der Waals surface area contributed by atoms with Crippen LogP contribution in [0.25, 0.3) is 0 Å². The van der Waals surface area contributed by atoms with Gasteiger partial charge in [0, 0.05) is 24.3 Å². The van der Waals surface area contributed by atoms with E-state index in [-0.39, 0.29) is 18.9 Å². The fraction of sp³-hybridized carbons (Fsp3) is 0.692. The van der Waals surface area contributed by atoms with E-state index in [9.17, 15) is 23.1 Å². The second-order valence-electron chi connectivity index (χ2n) is 5.38. The van der Waals surface area contributed by atoms with Crippen molar-refractivity contribution >= 4 is 5.91 Å². The number of nitrogens with zero attached hydrogens (tertiary/aromatic N) is 3. The lowest BCUT2D eigenvalue weighted by Crippen LogP contribution is -2.31. The molecule has 0 unspecified atom stereocenters. The molecule has 1 aromatic rings. The monoisotopic (exact) mass is 305 g/mol. The van der Waals surface area contributed by atoms with E-state index in [4.69, 9.17) is 0 Å². The minimum atomic E-state index is -4.34. The number of aryl methyl sites for hydroxylation is 1. The van der Waals surface area contributed by atoms with Gasteiger partial charge >= 0.3 is 6.18 Å². The second-order valence-corrected chi connectivity index (χ2v) is 5.38. The van der Waals surface area contributed by atoms with Gasteiger partial charge in [-0.1, -0.05) is 0 Å². The van der Waals surface area contributed by atoms with Crippen molar-refractivity contribution in [2.24, 2.45) is 0 Å². The molecular formula is C13H18F3N3O2. The summed E-state index contributed by atoms with van der Waals surface area (Å²) in [5, 5.41) is 13.3. The number of carbonyl (C=O) groups excluding carboxylic acids is 1. The Balaban J connectivity index is 2.11. The fourth-order valence-corrected chi connectivity index (χ4v) is 2.54. The van der Waals surface area contributed by atoms with Gasteiger partial charge in [0.2, 0.25) is 5.91 Å². The minimum absolute atomic E-state index is 0.0161. The summed E-state index contributed by atoms with van der Waals surface area (Å²) in [7, 11) is 0. The highest BCUT2D eigenvalue weighted by Gasteiger charge is 2.31. The zero-order valence-corrected chi connectivity index (χ0v) is 11.9. The molecule has 1 aliphatic rings. The van der Waals surface area contributed by atoms with Crippen LogP contribution in [0.1, 0.15) is 23.4 Å². The van der Waals surface area contributed by atoms with Crippen molar-refractivity contribution in [2.45, 2.75) is 45.5 Å². The van der Waals surface area contributed by atoms with Gasteiger partial charge in [-0.25, -0.2) is 0 Å². The number of hydrogen-bond acceptors (Lipinski definition) is 3. The topological polar surface area (TPSA) is 58.4 Å². The van der Waals surface area contributed by atoms with E-state index in [0.717, 1.165) is 4.68 Å². The Morgan fingerprint density at radius 2 is 2.10 bits per heavy atom. The number of halogens is 3. The Morgan fingerprint density at radius 3 is 2.62 bits per heavy atom. The Morgan fingerprint density at radius 1 is 1.43 bits per heavy atom. The molecule has 2 rings (SSSR count). The quantitative estimate of drug-likeness (QED) is 0.913. The molecule has 1 amide bonds. The molecule has 0 bridgehead atoms. The SMILES string of the molecule is Cc1nn(CC(F)(F)F)c(C)c1CC(=O)N1CC[C@@H](O)C1. The second kappa shape index (κ2) is 5.67. The Hall–Kier alpha value is -1.57. The zero-order chi connectivity index (χ0) is 15.8. The first-order valence-corrected chi connectivity index (χ1v) is 6.73. The molecule has 1 saturated heterocycles. The molecule has 118 valence electrons. The highest BCUT2D eigenvalue weighted by molar-refractivity contribution is 5.79. The molecule has 8 heteroatoms. The third kappa shape index (κ3) is 3.75. The van der Waals surface area contributed by atoms with Gasteiger partial charge < -0.3 is 10.0 Å². The largest absolute Gasteiger partial charge is 0.408 e. The number of aliphatic hydroxyl groups is 1. The smallest absolute Gasteiger partial charge is 0.391 e. The van der Waals surface area contributed by atoms with Crippen molar-refractivity contribution in [3.05, 3.63) is 17.0 Å². The molecule has 0 aromatic carbocycles. The van der Waals surface area contributed by atoms with Crippen LogP contribution < -0.4 is 0 Å². The van der Waals surface area contributed by atoms with Crippen LogP contribution in [-0.4, -0.2) is 51.1 Å². The molecule has 0 radical (unpaired) electrons. The first-order valence-electron chi connectivity index (χ1n) is 6.73. The summed E-state index contributed by atoms with van der Waals surface area (Å²) in [6.07, 6.45) is -4.30. The molecule has 1 N–H and O–H groups in total. The zero-order valence-electron chi connectivity index (χ0n) is 11.9. The van der Waals surface area contributed by atoms with Crippen molar-refractivity contribution in [3.8, 4) is 0 Å². The van der Waals surface area contributed by atoms with Crippen LogP contribution in [0.3, 0.4) is 0 Å². The number of hydrogen-bond donors (Lipinski definition) is 1. The summed E-state index contributed by atoms with van der Waals surface area (Å²) < 4.78 is 38.2. The number of alkyl halides is 3. The van der Waals surface area contributed by atoms with Gasteiger partial charge in [0.05, 0.1) is 18.2 Å². The molecule has 5 nitrogen and oxygen atoms in total. The highest BCUT2D eigenvalue weighted by atomic mass is 19.4. The van der Waals surface area contributed by atoms with Crippen molar-refractivity contribution in [2.75, 3.05) is 13.1 Å². The van der Waals surface area contributed by atoms with E-state index >= 15 is 0 Å². The predicted octanol–water partition coefficient (Wildman–Crippen LogP) is 1.20. The number of rotatable bonds is 3. The summed E-state index contributed by atoms with van der Waals surface area (Å²) in [4.78, 5) is 13.6. The Labute approximate surface area is 120 Å². The summed E-state index contributed by atoms with van der Waals surface area (Å²) >= 11 is 0. The maximum absolute atomic E-state index is 12.4. The maximum Gasteiger partial charge on any atom is 0.408 e. The maximum atomic E-state index is 12.4. The Bertz CT molecular complexity index is 539. The van der Waals surface area contributed by atoms with Crippen LogP contribution in [0, 0.1) is 13.8 Å². The first-order chi connectivity index (χ1) is 9.67.